The molecule has 142 valence electrons. The molecule has 0 spiro atoms. The lowest BCUT2D eigenvalue weighted by molar-refractivity contribution is -0.384. The molecule has 0 aliphatic carbocycles. The summed E-state index contributed by atoms with van der Waals surface area (Å²) in [6.45, 7) is 6.23. The van der Waals surface area contributed by atoms with Gasteiger partial charge in [-0.3, -0.25) is 19.8 Å². The van der Waals surface area contributed by atoms with E-state index in [1.807, 2.05) is 11.6 Å². The Morgan fingerprint density at radius 3 is 2.50 bits per heavy atom. The van der Waals surface area contributed by atoms with Gasteiger partial charge in [0.2, 0.25) is 0 Å². The Morgan fingerprint density at radius 1 is 1.27 bits per heavy atom. The van der Waals surface area contributed by atoms with Gasteiger partial charge >= 0.3 is 0 Å². The van der Waals surface area contributed by atoms with E-state index in [1.54, 1.807) is 19.2 Å². The summed E-state index contributed by atoms with van der Waals surface area (Å²) in [6, 6.07) is 8.55. The second-order valence-corrected chi connectivity index (χ2v) is 5.78. The number of guanidine groups is 1. The molecule has 2 N–H and O–H groups in total. The monoisotopic (exact) mass is 472 g/mol. The van der Waals surface area contributed by atoms with Crippen LogP contribution in [0.2, 0.25) is 0 Å². The number of nitro groups is 1. The lowest BCUT2D eigenvalue weighted by atomic mass is 10.2. The first kappa shape index (κ1) is 21.9. The molecular formula is C17H25IN6O2. The van der Waals surface area contributed by atoms with Crippen LogP contribution in [0, 0.1) is 24.0 Å². The Bertz CT molecular complexity index is 742. The average Bonchev–Trinajstić information content (AvgIpc) is 2.92. The summed E-state index contributed by atoms with van der Waals surface area (Å²) in [4.78, 5) is 14.4. The van der Waals surface area contributed by atoms with E-state index in [1.165, 1.54) is 12.1 Å². The second kappa shape index (κ2) is 10.7. The summed E-state index contributed by atoms with van der Waals surface area (Å²) in [5.41, 5.74) is 3.25. The van der Waals surface area contributed by atoms with Gasteiger partial charge in [0.25, 0.3) is 5.69 Å². The van der Waals surface area contributed by atoms with Gasteiger partial charge < -0.3 is 10.6 Å². The minimum Gasteiger partial charge on any atom is -0.356 e. The molecule has 0 saturated heterocycles. The van der Waals surface area contributed by atoms with Crippen molar-refractivity contribution >= 4 is 35.6 Å². The van der Waals surface area contributed by atoms with Gasteiger partial charge in [0.15, 0.2) is 5.96 Å². The maximum absolute atomic E-state index is 10.7. The summed E-state index contributed by atoms with van der Waals surface area (Å²) in [7, 11) is 1.71. The van der Waals surface area contributed by atoms with Gasteiger partial charge in [0.1, 0.15) is 0 Å². The van der Waals surface area contributed by atoms with Crippen LogP contribution in [0.3, 0.4) is 0 Å². The maximum Gasteiger partial charge on any atom is 0.269 e. The Morgan fingerprint density at radius 2 is 1.96 bits per heavy atom. The molecular weight excluding hydrogens is 447 g/mol. The van der Waals surface area contributed by atoms with E-state index >= 15 is 0 Å². The van der Waals surface area contributed by atoms with Crippen molar-refractivity contribution < 1.29 is 4.92 Å². The third kappa shape index (κ3) is 6.62. The number of hydrogen-bond acceptors (Lipinski definition) is 4. The van der Waals surface area contributed by atoms with Crippen molar-refractivity contribution in [2.75, 3.05) is 13.6 Å². The van der Waals surface area contributed by atoms with Crippen molar-refractivity contribution in [3.05, 3.63) is 57.4 Å². The van der Waals surface area contributed by atoms with Crippen LogP contribution < -0.4 is 10.6 Å². The first-order valence-corrected chi connectivity index (χ1v) is 8.18. The number of benzene rings is 1. The van der Waals surface area contributed by atoms with E-state index in [0.717, 1.165) is 36.5 Å². The molecule has 0 atom stereocenters. The summed E-state index contributed by atoms with van der Waals surface area (Å²) in [5.74, 6) is 0.701. The van der Waals surface area contributed by atoms with E-state index in [-0.39, 0.29) is 29.7 Å². The van der Waals surface area contributed by atoms with Gasteiger partial charge in [0, 0.05) is 44.5 Å². The quantitative estimate of drug-likeness (QED) is 0.161. The minimum atomic E-state index is -0.402. The smallest absolute Gasteiger partial charge is 0.269 e. The number of nitro benzene ring substituents is 1. The van der Waals surface area contributed by atoms with Crippen LogP contribution in [-0.2, 0) is 13.1 Å². The highest BCUT2D eigenvalue weighted by atomic mass is 127. The zero-order valence-corrected chi connectivity index (χ0v) is 17.6. The molecule has 8 nitrogen and oxygen atoms in total. The Hall–Kier alpha value is -2.17. The summed E-state index contributed by atoms with van der Waals surface area (Å²) in [6.07, 6.45) is 0.931. The topological polar surface area (TPSA) is 97.4 Å². The number of aryl methyl sites for hydroxylation is 3. The molecule has 1 aromatic carbocycles. The number of rotatable bonds is 7. The van der Waals surface area contributed by atoms with E-state index in [0.29, 0.717) is 12.5 Å². The molecule has 9 heteroatoms. The van der Waals surface area contributed by atoms with Gasteiger partial charge in [0.05, 0.1) is 10.6 Å². The van der Waals surface area contributed by atoms with Crippen molar-refractivity contribution in [3.8, 4) is 0 Å². The van der Waals surface area contributed by atoms with Crippen LogP contribution in [0.25, 0.3) is 0 Å². The lowest BCUT2D eigenvalue weighted by Gasteiger charge is -2.12. The first-order valence-electron chi connectivity index (χ1n) is 8.18. The molecule has 0 saturated carbocycles. The lowest BCUT2D eigenvalue weighted by Crippen LogP contribution is -2.37. The van der Waals surface area contributed by atoms with Crippen molar-refractivity contribution in [1.29, 1.82) is 0 Å². The molecule has 2 rings (SSSR count). The highest BCUT2D eigenvalue weighted by Crippen LogP contribution is 2.11. The molecule has 1 heterocycles. The molecule has 1 aromatic heterocycles. The number of nitrogens with one attached hydrogen (secondary N) is 2. The molecule has 0 amide bonds. The normalized spacial score (nSPS) is 11.0. The summed E-state index contributed by atoms with van der Waals surface area (Å²) < 4.78 is 2.00. The predicted molar refractivity (Wildman–Crippen MR) is 113 cm³/mol. The van der Waals surface area contributed by atoms with E-state index in [4.69, 9.17) is 0 Å². The van der Waals surface area contributed by atoms with Crippen LogP contribution in [0.15, 0.2) is 35.3 Å². The largest absolute Gasteiger partial charge is 0.356 e. The fourth-order valence-corrected chi connectivity index (χ4v) is 2.48. The van der Waals surface area contributed by atoms with Crippen LogP contribution in [0.4, 0.5) is 5.69 Å². The standard InChI is InChI=1S/C17H24N6O2.HI/c1-13-11-14(2)22(21-13)10-4-9-19-17(18-3)20-12-15-5-7-16(8-6-15)23(24)25;/h5-8,11H,4,9-10,12H2,1-3H3,(H2,18,19,20);1H. The highest BCUT2D eigenvalue weighted by Gasteiger charge is 2.05. The zero-order chi connectivity index (χ0) is 18.2. The fourth-order valence-electron chi connectivity index (χ4n) is 2.48. The van der Waals surface area contributed by atoms with Crippen molar-refractivity contribution in [2.24, 2.45) is 4.99 Å². The number of aliphatic imine (C=N–C) groups is 1. The van der Waals surface area contributed by atoms with E-state index < -0.39 is 4.92 Å². The molecule has 0 fully saturated rings. The van der Waals surface area contributed by atoms with Gasteiger partial charge in [-0.05, 0) is 31.9 Å². The zero-order valence-electron chi connectivity index (χ0n) is 15.2. The molecule has 26 heavy (non-hydrogen) atoms. The molecule has 0 unspecified atom stereocenters. The first-order chi connectivity index (χ1) is 12.0. The molecule has 0 aliphatic heterocycles. The Labute approximate surface area is 170 Å². The minimum absolute atomic E-state index is 0. The van der Waals surface area contributed by atoms with Crippen molar-refractivity contribution in [1.82, 2.24) is 20.4 Å². The molecule has 0 radical (unpaired) electrons. The number of halogens is 1. The summed E-state index contributed by atoms with van der Waals surface area (Å²) >= 11 is 0. The Kier molecular flexibility index (Phi) is 9.03. The van der Waals surface area contributed by atoms with Crippen molar-refractivity contribution in [3.63, 3.8) is 0 Å². The molecule has 0 aliphatic rings. The van der Waals surface area contributed by atoms with Gasteiger partial charge in [-0.15, -0.1) is 24.0 Å². The summed E-state index contributed by atoms with van der Waals surface area (Å²) in [5, 5.41) is 21.5. The van der Waals surface area contributed by atoms with Crippen LogP contribution in [0.1, 0.15) is 23.4 Å². The van der Waals surface area contributed by atoms with Gasteiger partial charge in [-0.1, -0.05) is 12.1 Å². The molecule has 0 bridgehead atoms. The Balaban J connectivity index is 0.00000338. The SMILES string of the molecule is CN=C(NCCCn1nc(C)cc1C)NCc1ccc([N+](=O)[O-])cc1.I. The second-order valence-electron chi connectivity index (χ2n) is 5.78. The van der Waals surface area contributed by atoms with Crippen LogP contribution in [-0.4, -0.2) is 34.3 Å². The third-order valence-corrected chi connectivity index (χ3v) is 3.77. The maximum atomic E-state index is 10.7. The average molecular weight is 472 g/mol. The molecule has 2 aromatic rings. The van der Waals surface area contributed by atoms with Crippen LogP contribution >= 0.6 is 24.0 Å². The fraction of sp³-hybridized carbons (Fsp3) is 0.412. The predicted octanol–water partition coefficient (Wildman–Crippen LogP) is 2.78. The number of nitrogens with zero attached hydrogens (tertiary/aromatic N) is 4. The number of non-ortho nitro benzene ring substituents is 1. The number of hydrogen-bond donors (Lipinski definition) is 2. The van der Waals surface area contributed by atoms with E-state index in [2.05, 4.69) is 33.7 Å². The third-order valence-electron chi connectivity index (χ3n) is 3.77. The van der Waals surface area contributed by atoms with Crippen molar-refractivity contribution in [2.45, 2.75) is 33.4 Å². The van der Waals surface area contributed by atoms with Crippen LogP contribution in [0.5, 0.6) is 0 Å². The van der Waals surface area contributed by atoms with Gasteiger partial charge in [-0.2, -0.15) is 5.10 Å². The van der Waals surface area contributed by atoms with E-state index in [9.17, 15) is 10.1 Å². The number of aromatic nitrogens is 2. The highest BCUT2D eigenvalue weighted by molar-refractivity contribution is 14.0. The van der Waals surface area contributed by atoms with Gasteiger partial charge in [-0.25, -0.2) is 0 Å².